The number of fused-ring (bicyclic) bond motifs is 1. The molecule has 3 N–H and O–H groups in total. The van der Waals surface area contributed by atoms with Crippen molar-refractivity contribution in [3.8, 4) is 0 Å². The predicted octanol–water partition coefficient (Wildman–Crippen LogP) is 2.31. The molecule has 1 aromatic carbocycles. The molecule has 0 bridgehead atoms. The Bertz CT molecular complexity index is 492. The van der Waals surface area contributed by atoms with Crippen molar-refractivity contribution in [2.45, 2.75) is 26.4 Å². The highest BCUT2D eigenvalue weighted by molar-refractivity contribution is 5.91. The zero-order chi connectivity index (χ0) is 11.5. The summed E-state index contributed by atoms with van der Waals surface area (Å²) in [5.41, 5.74) is 6.92. The quantitative estimate of drug-likeness (QED) is 0.826. The molecule has 0 radical (unpaired) electrons. The van der Waals surface area contributed by atoms with Gasteiger partial charge in [-0.15, -0.1) is 0 Å². The van der Waals surface area contributed by atoms with E-state index in [4.69, 9.17) is 5.73 Å². The van der Waals surface area contributed by atoms with Crippen LogP contribution in [-0.2, 0) is 6.54 Å². The molecule has 2 aromatic rings. The first-order valence-electron chi connectivity index (χ1n) is 5.54. The molecule has 16 heavy (non-hydrogen) atoms. The van der Waals surface area contributed by atoms with Gasteiger partial charge in [-0.3, -0.25) is 0 Å². The Balaban J connectivity index is 2.34. The van der Waals surface area contributed by atoms with Crippen LogP contribution in [0.5, 0.6) is 0 Å². The average molecular weight is 215 g/mol. The molecule has 0 atom stereocenters. The number of nitrogens with zero attached hydrogens (tertiary/aromatic N) is 1. The van der Waals surface area contributed by atoms with E-state index in [1.54, 1.807) is 0 Å². The summed E-state index contributed by atoms with van der Waals surface area (Å²) >= 11 is 0. The molecule has 84 valence electrons. The summed E-state index contributed by atoms with van der Waals surface area (Å²) in [5, 5.41) is 5.51. The lowest BCUT2D eigenvalue weighted by molar-refractivity contribution is 0.582. The maximum atomic E-state index is 5.92. The summed E-state index contributed by atoms with van der Waals surface area (Å²) in [4.78, 5) is 4.39. The second-order valence-electron chi connectivity index (χ2n) is 4.26. The fraction of sp³-hybridized carbons (Fsp3) is 0.308. The van der Waals surface area contributed by atoms with Crippen LogP contribution in [0.3, 0.4) is 0 Å². The average Bonchev–Trinajstić information content (AvgIpc) is 2.26. The van der Waals surface area contributed by atoms with Gasteiger partial charge >= 0.3 is 0 Å². The fourth-order valence-corrected chi connectivity index (χ4v) is 1.68. The van der Waals surface area contributed by atoms with Gasteiger partial charge in [0.1, 0.15) is 5.82 Å². The summed E-state index contributed by atoms with van der Waals surface area (Å²) in [6, 6.07) is 10.6. The van der Waals surface area contributed by atoms with Crippen LogP contribution in [0.15, 0.2) is 30.3 Å². The Morgan fingerprint density at radius 1 is 1.31 bits per heavy atom. The molecule has 0 spiro atoms. The molecule has 2 rings (SSSR count). The van der Waals surface area contributed by atoms with Crippen molar-refractivity contribution in [3.63, 3.8) is 0 Å². The topological polar surface area (TPSA) is 50.9 Å². The summed E-state index contributed by atoms with van der Waals surface area (Å²) in [6.45, 7) is 4.99. The van der Waals surface area contributed by atoms with Crippen LogP contribution in [0.4, 0.5) is 5.82 Å². The molecule has 0 aliphatic rings. The van der Waals surface area contributed by atoms with Crippen molar-refractivity contribution < 1.29 is 0 Å². The zero-order valence-electron chi connectivity index (χ0n) is 9.70. The molecule has 3 heteroatoms. The number of rotatable bonds is 3. The lowest BCUT2D eigenvalue weighted by Gasteiger charge is -2.09. The third-order valence-electron chi connectivity index (χ3n) is 2.51. The second kappa shape index (κ2) is 4.49. The number of anilines is 1. The Morgan fingerprint density at radius 3 is 2.81 bits per heavy atom. The second-order valence-corrected chi connectivity index (χ2v) is 4.26. The predicted molar refractivity (Wildman–Crippen MR) is 68.1 cm³/mol. The minimum Gasteiger partial charge on any atom is -0.383 e. The van der Waals surface area contributed by atoms with Crippen LogP contribution in [-0.4, -0.2) is 11.0 Å². The van der Waals surface area contributed by atoms with E-state index < -0.39 is 0 Å². The third kappa shape index (κ3) is 2.31. The minimum atomic E-state index is 0.453. The first kappa shape index (κ1) is 10.9. The van der Waals surface area contributed by atoms with Crippen molar-refractivity contribution in [2.75, 3.05) is 5.73 Å². The van der Waals surface area contributed by atoms with Crippen LogP contribution < -0.4 is 11.1 Å². The molecule has 0 saturated heterocycles. The Kier molecular flexibility index (Phi) is 3.06. The third-order valence-corrected chi connectivity index (χ3v) is 2.51. The van der Waals surface area contributed by atoms with Gasteiger partial charge in [0.2, 0.25) is 0 Å². The van der Waals surface area contributed by atoms with Crippen LogP contribution in [0.2, 0.25) is 0 Å². The monoisotopic (exact) mass is 215 g/mol. The normalized spacial score (nSPS) is 11.2. The standard InChI is InChI=1S/C13H17N3/c1-9(2)15-8-11-7-10-5-3-4-6-12(10)13(14)16-11/h3-7,9,15H,8H2,1-2H3,(H2,14,16). The largest absolute Gasteiger partial charge is 0.383 e. The van der Waals surface area contributed by atoms with E-state index in [-0.39, 0.29) is 0 Å². The Hall–Kier alpha value is -1.61. The molecule has 0 fully saturated rings. The van der Waals surface area contributed by atoms with E-state index in [2.05, 4.69) is 36.3 Å². The highest BCUT2D eigenvalue weighted by atomic mass is 14.9. The first-order valence-corrected chi connectivity index (χ1v) is 5.54. The zero-order valence-corrected chi connectivity index (χ0v) is 9.70. The molecule has 0 aliphatic heterocycles. The molecule has 0 aliphatic carbocycles. The number of aromatic nitrogens is 1. The Morgan fingerprint density at radius 2 is 2.06 bits per heavy atom. The van der Waals surface area contributed by atoms with Crippen molar-refractivity contribution in [1.29, 1.82) is 0 Å². The molecule has 1 heterocycles. The number of pyridine rings is 1. The van der Waals surface area contributed by atoms with Gasteiger partial charge in [0, 0.05) is 18.0 Å². The molecule has 3 nitrogen and oxygen atoms in total. The number of benzene rings is 1. The van der Waals surface area contributed by atoms with E-state index in [0.29, 0.717) is 11.9 Å². The smallest absolute Gasteiger partial charge is 0.131 e. The highest BCUT2D eigenvalue weighted by Gasteiger charge is 2.03. The first-order chi connectivity index (χ1) is 7.66. The lowest BCUT2D eigenvalue weighted by Crippen LogP contribution is -2.22. The lowest BCUT2D eigenvalue weighted by atomic mass is 10.1. The van der Waals surface area contributed by atoms with Gasteiger partial charge < -0.3 is 11.1 Å². The maximum Gasteiger partial charge on any atom is 0.131 e. The molecule has 0 saturated carbocycles. The molecular formula is C13H17N3. The van der Waals surface area contributed by atoms with Crippen molar-refractivity contribution >= 4 is 16.6 Å². The number of nitrogen functional groups attached to an aromatic ring is 1. The number of nitrogens with one attached hydrogen (secondary N) is 1. The number of hydrogen-bond acceptors (Lipinski definition) is 3. The van der Waals surface area contributed by atoms with E-state index in [1.807, 2.05) is 18.2 Å². The molecule has 0 unspecified atom stereocenters. The van der Waals surface area contributed by atoms with Gasteiger partial charge in [-0.2, -0.15) is 0 Å². The van der Waals surface area contributed by atoms with Crippen LogP contribution in [0.1, 0.15) is 19.5 Å². The maximum absolute atomic E-state index is 5.92. The van der Waals surface area contributed by atoms with Gasteiger partial charge in [0.05, 0.1) is 5.69 Å². The van der Waals surface area contributed by atoms with Crippen molar-refractivity contribution in [2.24, 2.45) is 0 Å². The minimum absolute atomic E-state index is 0.453. The van der Waals surface area contributed by atoms with Crippen molar-refractivity contribution in [1.82, 2.24) is 10.3 Å². The van der Waals surface area contributed by atoms with Crippen LogP contribution in [0, 0.1) is 0 Å². The Labute approximate surface area is 95.7 Å². The van der Waals surface area contributed by atoms with Gasteiger partial charge in [0.15, 0.2) is 0 Å². The van der Waals surface area contributed by atoms with Gasteiger partial charge in [-0.1, -0.05) is 38.1 Å². The van der Waals surface area contributed by atoms with Crippen LogP contribution >= 0.6 is 0 Å². The van der Waals surface area contributed by atoms with E-state index in [9.17, 15) is 0 Å². The highest BCUT2D eigenvalue weighted by Crippen LogP contribution is 2.19. The summed E-state index contributed by atoms with van der Waals surface area (Å²) in [6.07, 6.45) is 0. The molecule has 0 amide bonds. The van der Waals surface area contributed by atoms with Gasteiger partial charge in [0.25, 0.3) is 0 Å². The van der Waals surface area contributed by atoms with Crippen LogP contribution in [0.25, 0.3) is 10.8 Å². The SMILES string of the molecule is CC(C)NCc1cc2ccccc2c(N)n1. The van der Waals surface area contributed by atoms with E-state index in [1.165, 1.54) is 0 Å². The number of hydrogen-bond donors (Lipinski definition) is 2. The molecular weight excluding hydrogens is 198 g/mol. The van der Waals surface area contributed by atoms with Crippen molar-refractivity contribution in [3.05, 3.63) is 36.0 Å². The molecule has 1 aromatic heterocycles. The van der Waals surface area contributed by atoms with E-state index in [0.717, 1.165) is 23.0 Å². The summed E-state index contributed by atoms with van der Waals surface area (Å²) < 4.78 is 0. The number of nitrogens with two attached hydrogens (primary N) is 1. The fourth-order valence-electron chi connectivity index (χ4n) is 1.68. The summed E-state index contributed by atoms with van der Waals surface area (Å²) in [5.74, 6) is 0.610. The van der Waals surface area contributed by atoms with Gasteiger partial charge in [-0.25, -0.2) is 4.98 Å². The van der Waals surface area contributed by atoms with E-state index >= 15 is 0 Å². The summed E-state index contributed by atoms with van der Waals surface area (Å²) in [7, 11) is 0. The van der Waals surface area contributed by atoms with Gasteiger partial charge in [-0.05, 0) is 11.5 Å².